The Labute approximate surface area is 145 Å². The molecule has 0 radical (unpaired) electrons. The minimum atomic E-state index is -4.45. The highest BCUT2D eigenvalue weighted by Crippen LogP contribution is 2.30. The van der Waals surface area contributed by atoms with Crippen molar-refractivity contribution in [3.63, 3.8) is 0 Å². The molecule has 0 fully saturated rings. The van der Waals surface area contributed by atoms with E-state index in [0.717, 1.165) is 29.4 Å². The number of anilines is 1. The number of aromatic nitrogens is 2. The van der Waals surface area contributed by atoms with E-state index in [9.17, 15) is 18.0 Å². The summed E-state index contributed by atoms with van der Waals surface area (Å²) in [6.45, 7) is 0. The number of benzene rings is 2. The van der Waals surface area contributed by atoms with Crippen LogP contribution in [0.2, 0.25) is 0 Å². The summed E-state index contributed by atoms with van der Waals surface area (Å²) in [4.78, 5) is 20.6. The van der Waals surface area contributed by atoms with Gasteiger partial charge in [-0.3, -0.25) is 9.78 Å². The molecule has 0 aliphatic heterocycles. The standard InChI is InChI=1S/C17H12F3N3OS/c18-17(19,20)11-4-3-5-12(8-11)22-15(24)10-25-16-9-21-13-6-1-2-7-14(13)23-16/h1-9H,10H2,(H,22,24). The Morgan fingerprint density at radius 1 is 1.08 bits per heavy atom. The third kappa shape index (κ3) is 4.48. The summed E-state index contributed by atoms with van der Waals surface area (Å²) in [5, 5.41) is 3.02. The molecule has 8 heteroatoms. The second kappa shape index (κ2) is 7.10. The molecule has 0 unspecified atom stereocenters. The molecule has 0 atom stereocenters. The smallest absolute Gasteiger partial charge is 0.325 e. The SMILES string of the molecule is O=C(CSc1cnc2ccccc2n1)Nc1cccc(C(F)(F)F)c1. The Balaban J connectivity index is 1.62. The number of nitrogens with one attached hydrogen (secondary N) is 1. The van der Waals surface area contributed by atoms with Gasteiger partial charge >= 0.3 is 6.18 Å². The normalized spacial score (nSPS) is 11.5. The lowest BCUT2D eigenvalue weighted by Gasteiger charge is -2.09. The highest BCUT2D eigenvalue weighted by molar-refractivity contribution is 7.99. The average molecular weight is 363 g/mol. The summed E-state index contributed by atoms with van der Waals surface area (Å²) in [7, 11) is 0. The largest absolute Gasteiger partial charge is 0.416 e. The number of carbonyl (C=O) groups is 1. The van der Waals surface area contributed by atoms with Gasteiger partial charge in [-0.15, -0.1) is 0 Å². The fourth-order valence-electron chi connectivity index (χ4n) is 2.12. The van der Waals surface area contributed by atoms with E-state index in [2.05, 4.69) is 15.3 Å². The van der Waals surface area contributed by atoms with E-state index in [1.54, 1.807) is 6.20 Å². The maximum atomic E-state index is 12.7. The van der Waals surface area contributed by atoms with Gasteiger partial charge in [-0.2, -0.15) is 13.2 Å². The summed E-state index contributed by atoms with van der Waals surface area (Å²) in [6, 6.07) is 11.9. The zero-order chi connectivity index (χ0) is 17.9. The maximum Gasteiger partial charge on any atom is 0.416 e. The molecule has 3 aromatic rings. The molecule has 0 spiro atoms. The van der Waals surface area contributed by atoms with Crippen LogP contribution in [0.15, 0.2) is 59.8 Å². The van der Waals surface area contributed by atoms with Gasteiger partial charge in [0.15, 0.2) is 0 Å². The Hall–Kier alpha value is -2.61. The van der Waals surface area contributed by atoms with Gasteiger partial charge in [-0.1, -0.05) is 30.0 Å². The van der Waals surface area contributed by atoms with Gasteiger partial charge in [0, 0.05) is 5.69 Å². The molecule has 0 bridgehead atoms. The zero-order valence-corrected chi connectivity index (χ0v) is 13.6. The van der Waals surface area contributed by atoms with E-state index in [1.807, 2.05) is 24.3 Å². The van der Waals surface area contributed by atoms with Crippen LogP contribution in [0.25, 0.3) is 11.0 Å². The van der Waals surface area contributed by atoms with Gasteiger partial charge in [0.25, 0.3) is 0 Å². The van der Waals surface area contributed by atoms with E-state index in [1.165, 1.54) is 12.1 Å². The minimum Gasteiger partial charge on any atom is -0.325 e. The summed E-state index contributed by atoms with van der Waals surface area (Å²) in [5.74, 6) is -0.400. The maximum absolute atomic E-state index is 12.7. The van der Waals surface area contributed by atoms with Crippen LogP contribution >= 0.6 is 11.8 Å². The minimum absolute atomic E-state index is 0.0171. The summed E-state index contributed by atoms with van der Waals surface area (Å²) < 4.78 is 38.0. The first-order chi connectivity index (χ1) is 11.9. The number of carbonyl (C=O) groups excluding carboxylic acids is 1. The van der Waals surface area contributed by atoms with E-state index in [0.29, 0.717) is 10.5 Å². The number of thioether (sulfide) groups is 1. The van der Waals surface area contributed by atoms with Gasteiger partial charge in [-0.25, -0.2) is 4.98 Å². The first-order valence-electron chi connectivity index (χ1n) is 7.23. The van der Waals surface area contributed by atoms with Crippen LogP contribution in [-0.4, -0.2) is 21.6 Å². The summed E-state index contributed by atoms with van der Waals surface area (Å²) in [6.07, 6.45) is -2.89. The van der Waals surface area contributed by atoms with Crippen molar-refractivity contribution in [3.05, 3.63) is 60.3 Å². The predicted octanol–water partition coefficient (Wildman–Crippen LogP) is 4.38. The van der Waals surface area contributed by atoms with E-state index >= 15 is 0 Å². The van der Waals surface area contributed by atoms with E-state index in [-0.39, 0.29) is 11.4 Å². The van der Waals surface area contributed by atoms with Crippen molar-refractivity contribution in [3.8, 4) is 0 Å². The lowest BCUT2D eigenvalue weighted by molar-refractivity contribution is -0.137. The van der Waals surface area contributed by atoms with E-state index in [4.69, 9.17) is 0 Å². The van der Waals surface area contributed by atoms with Crippen molar-refractivity contribution in [1.29, 1.82) is 0 Å². The number of para-hydroxylation sites is 2. The van der Waals surface area contributed by atoms with Crippen molar-refractivity contribution in [1.82, 2.24) is 9.97 Å². The van der Waals surface area contributed by atoms with Gasteiger partial charge < -0.3 is 5.32 Å². The first kappa shape index (κ1) is 17.2. The van der Waals surface area contributed by atoms with Crippen molar-refractivity contribution in [2.75, 3.05) is 11.1 Å². The van der Waals surface area contributed by atoms with Crippen molar-refractivity contribution < 1.29 is 18.0 Å². The van der Waals surface area contributed by atoms with Crippen LogP contribution in [0.3, 0.4) is 0 Å². The highest BCUT2D eigenvalue weighted by atomic mass is 32.2. The lowest BCUT2D eigenvalue weighted by Crippen LogP contribution is -2.15. The zero-order valence-electron chi connectivity index (χ0n) is 12.7. The molecule has 4 nitrogen and oxygen atoms in total. The monoisotopic (exact) mass is 363 g/mol. The molecule has 0 saturated heterocycles. The van der Waals surface area contributed by atoms with Gasteiger partial charge in [-0.05, 0) is 30.3 Å². The fraction of sp³-hybridized carbons (Fsp3) is 0.118. The molecular formula is C17H12F3N3OS. The third-order valence-electron chi connectivity index (χ3n) is 3.25. The van der Waals surface area contributed by atoms with Crippen molar-refractivity contribution in [2.45, 2.75) is 11.2 Å². The molecule has 25 heavy (non-hydrogen) atoms. The predicted molar refractivity (Wildman–Crippen MR) is 90.3 cm³/mol. The summed E-state index contributed by atoms with van der Waals surface area (Å²) >= 11 is 1.16. The molecule has 0 aliphatic carbocycles. The molecule has 2 aromatic carbocycles. The van der Waals surface area contributed by atoms with Crippen LogP contribution in [-0.2, 0) is 11.0 Å². The Morgan fingerprint density at radius 3 is 2.60 bits per heavy atom. The molecule has 3 rings (SSSR count). The number of hydrogen-bond acceptors (Lipinski definition) is 4. The first-order valence-corrected chi connectivity index (χ1v) is 8.22. The average Bonchev–Trinajstić information content (AvgIpc) is 2.59. The Bertz CT molecular complexity index is 915. The van der Waals surface area contributed by atoms with E-state index < -0.39 is 17.6 Å². The molecule has 1 heterocycles. The molecule has 1 N–H and O–H groups in total. The number of hydrogen-bond donors (Lipinski definition) is 1. The molecule has 1 aromatic heterocycles. The number of fused-ring (bicyclic) bond motifs is 1. The fourth-order valence-corrected chi connectivity index (χ4v) is 2.76. The number of rotatable bonds is 4. The number of amides is 1. The van der Waals surface area contributed by atoms with Crippen LogP contribution in [0.5, 0.6) is 0 Å². The van der Waals surface area contributed by atoms with Crippen LogP contribution < -0.4 is 5.32 Å². The van der Waals surface area contributed by atoms with Gasteiger partial charge in [0.2, 0.25) is 5.91 Å². The highest BCUT2D eigenvalue weighted by Gasteiger charge is 2.30. The van der Waals surface area contributed by atoms with Crippen LogP contribution in [0.1, 0.15) is 5.56 Å². The third-order valence-corrected chi connectivity index (χ3v) is 4.15. The number of nitrogens with zero attached hydrogens (tertiary/aromatic N) is 2. The topological polar surface area (TPSA) is 54.9 Å². The quantitative estimate of drug-likeness (QED) is 0.699. The van der Waals surface area contributed by atoms with Gasteiger partial charge in [0.05, 0.1) is 28.5 Å². The van der Waals surface area contributed by atoms with Crippen LogP contribution in [0.4, 0.5) is 18.9 Å². The molecule has 1 amide bonds. The molecule has 0 aliphatic rings. The summed E-state index contributed by atoms with van der Waals surface area (Å²) in [5.41, 5.74) is 0.759. The molecule has 128 valence electrons. The molecular weight excluding hydrogens is 351 g/mol. The Kier molecular flexibility index (Phi) is 4.89. The second-order valence-corrected chi connectivity index (χ2v) is 6.11. The number of halogens is 3. The Morgan fingerprint density at radius 2 is 1.84 bits per heavy atom. The van der Waals surface area contributed by atoms with Gasteiger partial charge in [0.1, 0.15) is 5.03 Å². The number of alkyl halides is 3. The van der Waals surface area contributed by atoms with Crippen molar-refractivity contribution in [2.24, 2.45) is 0 Å². The second-order valence-electron chi connectivity index (χ2n) is 5.11. The van der Waals surface area contributed by atoms with Crippen LogP contribution in [0, 0.1) is 0 Å². The van der Waals surface area contributed by atoms with Crippen molar-refractivity contribution >= 4 is 34.4 Å². The lowest BCUT2D eigenvalue weighted by atomic mass is 10.2. The molecule has 0 saturated carbocycles.